The van der Waals surface area contributed by atoms with Crippen LogP contribution < -0.4 is 0 Å². The van der Waals surface area contributed by atoms with E-state index in [0.29, 0.717) is 46.2 Å². The lowest BCUT2D eigenvalue weighted by Crippen LogP contribution is -2.44. The molecule has 2 heterocycles. The van der Waals surface area contributed by atoms with Gasteiger partial charge in [-0.1, -0.05) is 113 Å². The Morgan fingerprint density at radius 2 is 0.688 bits per heavy atom. The minimum absolute atomic E-state index is 0.234. The highest BCUT2D eigenvalue weighted by atomic mass is 16.3. The van der Waals surface area contributed by atoms with Crippen LogP contribution in [0.15, 0.2) is 109 Å². The summed E-state index contributed by atoms with van der Waals surface area (Å²) in [6.45, 7) is 8.07. The van der Waals surface area contributed by atoms with Gasteiger partial charge in [-0.2, -0.15) is 0 Å². The Bertz CT molecular complexity index is 1570. The molecule has 0 aromatic heterocycles. The molecule has 0 spiro atoms. The summed E-state index contributed by atoms with van der Waals surface area (Å²) < 4.78 is 0. The molecule has 2 aliphatic rings. The number of hydrogen-bond acceptors (Lipinski definition) is 6. The molecule has 0 saturated heterocycles. The zero-order chi connectivity index (χ0) is 34.5. The summed E-state index contributed by atoms with van der Waals surface area (Å²) in [6.07, 6.45) is -0.727. The zero-order valence-electron chi connectivity index (χ0n) is 27.7. The summed E-state index contributed by atoms with van der Waals surface area (Å²) in [7, 11) is 0. The first-order chi connectivity index (χ1) is 23.0. The van der Waals surface area contributed by atoms with E-state index in [1.54, 1.807) is 48.5 Å². The number of benzene rings is 4. The van der Waals surface area contributed by atoms with Gasteiger partial charge in [0.1, 0.15) is 0 Å². The van der Waals surface area contributed by atoms with Gasteiger partial charge in [-0.15, -0.1) is 0 Å². The summed E-state index contributed by atoms with van der Waals surface area (Å²) in [6, 6.07) is 30.8. The van der Waals surface area contributed by atoms with Crippen LogP contribution >= 0.6 is 0 Å². The molecule has 4 atom stereocenters. The molecule has 0 radical (unpaired) electrons. The highest BCUT2D eigenvalue weighted by Crippen LogP contribution is 2.34. The number of aliphatic hydroxyl groups excluding tert-OH is 2. The molecule has 4 amide bonds. The fourth-order valence-corrected chi connectivity index (χ4v) is 6.48. The van der Waals surface area contributed by atoms with Crippen molar-refractivity contribution in [3.63, 3.8) is 0 Å². The first kappa shape index (κ1) is 34.4. The average molecular weight is 647 g/mol. The lowest BCUT2D eigenvalue weighted by atomic mass is 9.93. The smallest absolute Gasteiger partial charge is 0.261 e. The quantitative estimate of drug-likeness (QED) is 0.182. The Morgan fingerprint density at radius 1 is 0.438 bits per heavy atom. The topological polar surface area (TPSA) is 115 Å². The Labute approximate surface area is 281 Å². The molecule has 4 unspecified atom stereocenters. The van der Waals surface area contributed by atoms with Gasteiger partial charge in [-0.05, 0) is 60.1 Å². The van der Waals surface area contributed by atoms with Crippen LogP contribution in [0.5, 0.6) is 0 Å². The molecule has 4 aromatic rings. The van der Waals surface area contributed by atoms with Gasteiger partial charge >= 0.3 is 0 Å². The van der Waals surface area contributed by atoms with E-state index in [2.05, 4.69) is 0 Å². The number of aliphatic hydroxyl groups is 2. The lowest BCUT2D eigenvalue weighted by molar-refractivity contribution is 0.0279. The van der Waals surface area contributed by atoms with E-state index in [-0.39, 0.29) is 35.5 Å². The van der Waals surface area contributed by atoms with Crippen molar-refractivity contribution in [2.45, 2.75) is 64.8 Å². The van der Waals surface area contributed by atoms with Gasteiger partial charge in [-0.3, -0.25) is 29.0 Å². The molecule has 4 aromatic carbocycles. The number of carbonyl (C=O) groups is 4. The van der Waals surface area contributed by atoms with E-state index in [9.17, 15) is 29.4 Å². The van der Waals surface area contributed by atoms with E-state index in [1.165, 1.54) is 9.80 Å². The van der Waals surface area contributed by atoms with Crippen LogP contribution in [0.1, 0.15) is 105 Å². The van der Waals surface area contributed by atoms with Crippen molar-refractivity contribution in [3.8, 4) is 0 Å². The Balaban J connectivity index is 0.000000188. The predicted molar refractivity (Wildman–Crippen MR) is 183 cm³/mol. The molecular formula is C40H42N2O6. The molecule has 8 heteroatoms. The predicted octanol–water partition coefficient (Wildman–Crippen LogP) is 6.86. The van der Waals surface area contributed by atoms with Crippen molar-refractivity contribution in [1.29, 1.82) is 0 Å². The Hall–Kier alpha value is -4.92. The van der Waals surface area contributed by atoms with Crippen molar-refractivity contribution in [1.82, 2.24) is 9.80 Å². The van der Waals surface area contributed by atoms with E-state index in [4.69, 9.17) is 0 Å². The van der Waals surface area contributed by atoms with E-state index in [1.807, 2.05) is 88.4 Å². The summed E-state index contributed by atoms with van der Waals surface area (Å²) in [5.74, 6) is -0.824. The van der Waals surface area contributed by atoms with Gasteiger partial charge in [0.25, 0.3) is 23.6 Å². The summed E-state index contributed by atoms with van der Waals surface area (Å²) in [5.41, 5.74) is 3.07. The molecule has 0 fully saturated rings. The van der Waals surface area contributed by atoms with Gasteiger partial charge < -0.3 is 10.2 Å². The second kappa shape index (κ2) is 14.9. The number of nitrogens with zero attached hydrogens (tertiary/aromatic N) is 2. The second-order valence-corrected chi connectivity index (χ2v) is 13.2. The lowest BCUT2D eigenvalue weighted by Gasteiger charge is -2.32. The summed E-state index contributed by atoms with van der Waals surface area (Å²) >= 11 is 0. The van der Waals surface area contributed by atoms with Crippen LogP contribution in [0.4, 0.5) is 0 Å². The molecule has 2 aliphatic heterocycles. The minimum Gasteiger partial charge on any atom is -0.386 e. The molecule has 48 heavy (non-hydrogen) atoms. The van der Waals surface area contributed by atoms with Crippen LogP contribution in [0.3, 0.4) is 0 Å². The molecule has 0 saturated carbocycles. The van der Waals surface area contributed by atoms with Crippen LogP contribution in [0.25, 0.3) is 0 Å². The fourth-order valence-electron chi connectivity index (χ4n) is 6.48. The third-order valence-corrected chi connectivity index (χ3v) is 8.75. The highest BCUT2D eigenvalue weighted by Gasteiger charge is 2.44. The normalized spacial score (nSPS) is 16.4. The molecular weight excluding hydrogens is 604 g/mol. The molecule has 6 rings (SSSR count). The molecule has 8 nitrogen and oxygen atoms in total. The van der Waals surface area contributed by atoms with Crippen LogP contribution in [-0.2, 0) is 0 Å². The monoisotopic (exact) mass is 646 g/mol. The Kier molecular flexibility index (Phi) is 10.7. The van der Waals surface area contributed by atoms with Crippen molar-refractivity contribution in [3.05, 3.63) is 143 Å². The van der Waals surface area contributed by atoms with Gasteiger partial charge in [0.05, 0.1) is 46.5 Å². The summed E-state index contributed by atoms with van der Waals surface area (Å²) in [4.78, 5) is 53.5. The Morgan fingerprint density at radius 3 is 0.938 bits per heavy atom. The number of imide groups is 2. The van der Waals surface area contributed by atoms with Gasteiger partial charge in [0.15, 0.2) is 0 Å². The number of fused-ring (bicyclic) bond motifs is 2. The van der Waals surface area contributed by atoms with Crippen molar-refractivity contribution in [2.75, 3.05) is 0 Å². The maximum absolute atomic E-state index is 12.8. The third-order valence-electron chi connectivity index (χ3n) is 8.75. The largest absolute Gasteiger partial charge is 0.386 e. The average Bonchev–Trinajstić information content (AvgIpc) is 3.50. The number of rotatable bonds is 10. The maximum Gasteiger partial charge on any atom is 0.261 e. The molecule has 0 bridgehead atoms. The van der Waals surface area contributed by atoms with Crippen molar-refractivity contribution < 1.29 is 29.4 Å². The second-order valence-electron chi connectivity index (χ2n) is 13.2. The van der Waals surface area contributed by atoms with Crippen LogP contribution in [0, 0.1) is 11.8 Å². The summed E-state index contributed by atoms with van der Waals surface area (Å²) in [5, 5.41) is 21.7. The third kappa shape index (κ3) is 7.00. The van der Waals surface area contributed by atoms with Crippen LogP contribution in [-0.4, -0.2) is 55.7 Å². The van der Waals surface area contributed by atoms with Gasteiger partial charge in [0, 0.05) is 0 Å². The first-order valence-electron chi connectivity index (χ1n) is 16.4. The van der Waals surface area contributed by atoms with Crippen molar-refractivity contribution >= 4 is 23.6 Å². The highest BCUT2D eigenvalue weighted by molar-refractivity contribution is 6.22. The first-order valence-corrected chi connectivity index (χ1v) is 16.4. The minimum atomic E-state index is -0.907. The van der Waals surface area contributed by atoms with Crippen LogP contribution in [0.2, 0.25) is 0 Å². The number of hydrogen-bond donors (Lipinski definition) is 2. The van der Waals surface area contributed by atoms with E-state index in [0.717, 1.165) is 0 Å². The fraction of sp³-hybridized carbons (Fsp3) is 0.300. The van der Waals surface area contributed by atoms with E-state index >= 15 is 0 Å². The SMILES string of the molecule is CC(C)CC(C(O)c1ccccc1)N1C(=O)c2ccccc2C1=O.CC(C)CC(C(O)c1ccccc1)N1C(=O)c2ccccc2C1=O. The zero-order valence-corrected chi connectivity index (χ0v) is 27.7. The van der Waals surface area contributed by atoms with Gasteiger partial charge in [0.2, 0.25) is 0 Å². The number of carbonyl (C=O) groups excluding carboxylic acids is 4. The molecule has 248 valence electrons. The van der Waals surface area contributed by atoms with Crippen molar-refractivity contribution in [2.24, 2.45) is 11.8 Å². The molecule has 0 aliphatic carbocycles. The molecule has 2 N–H and O–H groups in total. The maximum atomic E-state index is 12.8. The number of amides is 4. The van der Waals surface area contributed by atoms with E-state index < -0.39 is 24.3 Å². The standard InChI is InChI=1S/2C20H21NO3/c2*1-13(2)12-17(18(22)14-8-4-3-5-9-14)21-19(23)15-10-6-7-11-16(15)20(21)24/h2*3-11,13,17-18,22H,12H2,1-2H3. The van der Waals surface area contributed by atoms with Gasteiger partial charge in [-0.25, -0.2) is 0 Å².